The monoisotopic (exact) mass is 398 g/mol. The van der Waals surface area contributed by atoms with E-state index >= 15 is 0 Å². The van der Waals surface area contributed by atoms with Crippen LogP contribution in [0.25, 0.3) is 0 Å². The molecule has 0 fully saturated rings. The fourth-order valence-electron chi connectivity index (χ4n) is 2.53. The third-order valence-electron chi connectivity index (χ3n) is 3.93. The fourth-order valence-corrected chi connectivity index (χ4v) is 2.76. The fraction of sp³-hybridized carbons (Fsp3) is 0.0556. The zero-order valence-corrected chi connectivity index (χ0v) is 15.2. The lowest BCUT2D eigenvalue weighted by Gasteiger charge is -2.13. The SMILES string of the molecule is Nc1c(NNC(=O)c2ccccc2Cl)ncnc1Nc1ccc2c(c1)OCO2. The highest BCUT2D eigenvalue weighted by Crippen LogP contribution is 2.35. The predicted molar refractivity (Wildman–Crippen MR) is 105 cm³/mol. The first-order valence-electron chi connectivity index (χ1n) is 8.20. The molecule has 0 spiro atoms. The van der Waals surface area contributed by atoms with Crippen LogP contribution in [0.2, 0.25) is 5.02 Å². The van der Waals surface area contributed by atoms with Crippen LogP contribution in [-0.4, -0.2) is 22.7 Å². The minimum Gasteiger partial charge on any atom is -0.454 e. The maximum absolute atomic E-state index is 12.3. The van der Waals surface area contributed by atoms with Gasteiger partial charge in [0.15, 0.2) is 23.1 Å². The van der Waals surface area contributed by atoms with Crippen molar-refractivity contribution in [1.82, 2.24) is 15.4 Å². The third kappa shape index (κ3) is 3.55. The molecule has 2 heterocycles. The molecule has 0 aliphatic carbocycles. The Labute approximate surface area is 164 Å². The van der Waals surface area contributed by atoms with Crippen LogP contribution in [0.15, 0.2) is 48.8 Å². The molecule has 28 heavy (non-hydrogen) atoms. The van der Waals surface area contributed by atoms with E-state index in [9.17, 15) is 4.79 Å². The maximum atomic E-state index is 12.3. The van der Waals surface area contributed by atoms with E-state index in [1.54, 1.807) is 42.5 Å². The number of carbonyl (C=O) groups excluding carboxylic acids is 1. The first-order chi connectivity index (χ1) is 13.6. The summed E-state index contributed by atoms with van der Waals surface area (Å²) >= 11 is 6.02. The molecule has 1 amide bonds. The number of hydrazine groups is 1. The Balaban J connectivity index is 1.48. The van der Waals surface area contributed by atoms with E-state index in [0.29, 0.717) is 33.6 Å². The molecule has 0 atom stereocenters. The first kappa shape index (κ1) is 17.7. The summed E-state index contributed by atoms with van der Waals surface area (Å²) in [6.07, 6.45) is 1.32. The second-order valence-corrected chi connectivity index (χ2v) is 6.14. The van der Waals surface area contributed by atoms with Crippen molar-refractivity contribution in [3.63, 3.8) is 0 Å². The van der Waals surface area contributed by atoms with Gasteiger partial charge in [-0.3, -0.25) is 15.6 Å². The van der Waals surface area contributed by atoms with E-state index in [2.05, 4.69) is 26.1 Å². The zero-order valence-electron chi connectivity index (χ0n) is 14.4. The standard InChI is InChI=1S/C18H15ClN6O3/c19-12-4-2-1-3-11(12)18(26)25-24-17-15(20)16(21-8-22-17)23-10-5-6-13-14(7-10)28-9-27-13/h1-8H,9,20H2,(H,25,26)(H2,21,22,23,24). The molecule has 0 unspecified atom stereocenters. The number of halogens is 1. The van der Waals surface area contributed by atoms with Crippen LogP contribution in [-0.2, 0) is 0 Å². The van der Waals surface area contributed by atoms with Crippen molar-refractivity contribution >= 4 is 40.5 Å². The van der Waals surface area contributed by atoms with Gasteiger partial charge in [-0.15, -0.1) is 0 Å². The molecule has 3 aromatic rings. The van der Waals surface area contributed by atoms with E-state index in [1.165, 1.54) is 6.33 Å². The van der Waals surface area contributed by atoms with Crippen molar-refractivity contribution in [2.24, 2.45) is 0 Å². The quantitative estimate of drug-likeness (QED) is 0.484. The molecule has 0 radical (unpaired) electrons. The number of amides is 1. The lowest BCUT2D eigenvalue weighted by atomic mass is 10.2. The van der Waals surface area contributed by atoms with Gasteiger partial charge in [0.1, 0.15) is 12.0 Å². The number of fused-ring (bicyclic) bond motifs is 1. The average molecular weight is 399 g/mol. The Morgan fingerprint density at radius 1 is 1.07 bits per heavy atom. The minimum atomic E-state index is -0.422. The summed E-state index contributed by atoms with van der Waals surface area (Å²) in [5.41, 5.74) is 12.6. The number of aromatic nitrogens is 2. The predicted octanol–water partition coefficient (Wildman–Crippen LogP) is 2.94. The summed E-state index contributed by atoms with van der Waals surface area (Å²) in [4.78, 5) is 20.4. The molecule has 5 N–H and O–H groups in total. The summed E-state index contributed by atoms with van der Waals surface area (Å²) in [5.74, 6) is 1.48. The minimum absolute atomic E-state index is 0.188. The molecule has 1 aliphatic rings. The van der Waals surface area contributed by atoms with Crippen molar-refractivity contribution in [2.45, 2.75) is 0 Å². The number of hydrogen-bond acceptors (Lipinski definition) is 8. The smallest absolute Gasteiger partial charge is 0.271 e. The van der Waals surface area contributed by atoms with E-state index in [1.807, 2.05) is 0 Å². The van der Waals surface area contributed by atoms with E-state index in [0.717, 1.165) is 0 Å². The van der Waals surface area contributed by atoms with E-state index in [4.69, 9.17) is 26.8 Å². The van der Waals surface area contributed by atoms with Crippen molar-refractivity contribution in [3.8, 4) is 11.5 Å². The lowest BCUT2D eigenvalue weighted by Crippen LogP contribution is -2.30. The van der Waals surface area contributed by atoms with Crippen LogP contribution >= 0.6 is 11.6 Å². The summed E-state index contributed by atoms with van der Waals surface area (Å²) in [7, 11) is 0. The molecular weight excluding hydrogens is 384 g/mol. The number of rotatable bonds is 5. The zero-order chi connectivity index (χ0) is 19.5. The summed E-state index contributed by atoms with van der Waals surface area (Å²) < 4.78 is 10.6. The summed E-state index contributed by atoms with van der Waals surface area (Å²) in [6.45, 7) is 0.188. The van der Waals surface area contributed by atoms with E-state index < -0.39 is 5.91 Å². The second-order valence-electron chi connectivity index (χ2n) is 5.74. The molecule has 2 aromatic carbocycles. The molecule has 4 rings (SSSR count). The topological polar surface area (TPSA) is 123 Å². The highest BCUT2D eigenvalue weighted by Gasteiger charge is 2.15. The van der Waals surface area contributed by atoms with Gasteiger partial charge in [-0.05, 0) is 24.3 Å². The van der Waals surface area contributed by atoms with Gasteiger partial charge in [-0.1, -0.05) is 23.7 Å². The van der Waals surface area contributed by atoms with Crippen LogP contribution in [0.4, 0.5) is 23.0 Å². The number of nitrogen functional groups attached to an aromatic ring is 1. The van der Waals surface area contributed by atoms with Crippen molar-refractivity contribution in [1.29, 1.82) is 0 Å². The average Bonchev–Trinajstić information content (AvgIpc) is 3.16. The normalized spacial score (nSPS) is 11.8. The summed E-state index contributed by atoms with van der Waals surface area (Å²) in [5, 5.41) is 3.42. The molecule has 10 heteroatoms. The van der Waals surface area contributed by atoms with Crippen LogP contribution < -0.4 is 31.4 Å². The van der Waals surface area contributed by atoms with Crippen molar-refractivity contribution < 1.29 is 14.3 Å². The van der Waals surface area contributed by atoms with Crippen LogP contribution in [0, 0.1) is 0 Å². The lowest BCUT2D eigenvalue weighted by molar-refractivity contribution is 0.0962. The van der Waals surface area contributed by atoms with Crippen LogP contribution in [0.5, 0.6) is 11.5 Å². The van der Waals surface area contributed by atoms with Gasteiger partial charge in [0.2, 0.25) is 6.79 Å². The van der Waals surface area contributed by atoms with E-state index in [-0.39, 0.29) is 18.3 Å². The summed E-state index contributed by atoms with van der Waals surface area (Å²) in [6, 6.07) is 12.1. The van der Waals surface area contributed by atoms with Gasteiger partial charge in [-0.2, -0.15) is 0 Å². The molecule has 9 nitrogen and oxygen atoms in total. The van der Waals surface area contributed by atoms with Crippen LogP contribution in [0.1, 0.15) is 10.4 Å². The Hall–Kier alpha value is -3.72. The largest absolute Gasteiger partial charge is 0.454 e. The number of hydrogen-bond donors (Lipinski definition) is 4. The van der Waals surface area contributed by atoms with Gasteiger partial charge in [0.05, 0.1) is 10.6 Å². The number of ether oxygens (including phenoxy) is 2. The van der Waals surface area contributed by atoms with Gasteiger partial charge < -0.3 is 20.5 Å². The number of nitrogens with two attached hydrogens (primary N) is 1. The van der Waals surface area contributed by atoms with Crippen LogP contribution in [0.3, 0.4) is 0 Å². The van der Waals surface area contributed by atoms with Gasteiger partial charge in [0.25, 0.3) is 5.91 Å². The molecule has 1 aliphatic heterocycles. The number of benzene rings is 2. The maximum Gasteiger partial charge on any atom is 0.271 e. The molecule has 142 valence electrons. The molecular formula is C18H15ClN6O3. The molecule has 1 aromatic heterocycles. The van der Waals surface area contributed by atoms with Crippen molar-refractivity contribution in [2.75, 3.05) is 23.3 Å². The number of anilines is 4. The Bertz CT molecular complexity index is 1050. The number of carbonyl (C=O) groups is 1. The van der Waals surface area contributed by atoms with Gasteiger partial charge >= 0.3 is 0 Å². The molecule has 0 bridgehead atoms. The third-order valence-corrected chi connectivity index (χ3v) is 4.26. The molecule has 0 saturated carbocycles. The number of nitrogens with zero attached hydrogens (tertiary/aromatic N) is 2. The van der Waals surface area contributed by atoms with Crippen molar-refractivity contribution in [3.05, 3.63) is 59.4 Å². The molecule has 0 saturated heterocycles. The highest BCUT2D eigenvalue weighted by atomic mass is 35.5. The Kier molecular flexibility index (Phi) is 4.73. The second kappa shape index (κ2) is 7.49. The Morgan fingerprint density at radius 3 is 2.71 bits per heavy atom. The first-order valence-corrected chi connectivity index (χ1v) is 8.57. The Morgan fingerprint density at radius 2 is 1.86 bits per heavy atom. The number of nitrogens with one attached hydrogen (secondary N) is 3. The van der Waals surface area contributed by atoms with Gasteiger partial charge in [0, 0.05) is 11.8 Å². The van der Waals surface area contributed by atoms with Gasteiger partial charge in [-0.25, -0.2) is 9.97 Å². The highest BCUT2D eigenvalue weighted by molar-refractivity contribution is 6.33.